The van der Waals surface area contributed by atoms with E-state index in [1.54, 1.807) is 30.3 Å². The summed E-state index contributed by atoms with van der Waals surface area (Å²) in [5.74, 6) is -3.87. The van der Waals surface area contributed by atoms with Gasteiger partial charge in [-0.1, -0.05) is 54.6 Å². The van der Waals surface area contributed by atoms with Crippen molar-refractivity contribution >= 4 is 11.9 Å². The topological polar surface area (TPSA) is 73.9 Å². The largest absolute Gasteiger partial charge is 0.573 e. The van der Waals surface area contributed by atoms with E-state index in [0.29, 0.717) is 5.56 Å². The molecule has 0 bridgehead atoms. The molecule has 1 amide bonds. The maximum atomic E-state index is 13.0. The van der Waals surface area contributed by atoms with Crippen LogP contribution in [0.3, 0.4) is 0 Å². The van der Waals surface area contributed by atoms with Crippen molar-refractivity contribution in [3.05, 3.63) is 95.6 Å². The Balaban J connectivity index is 2.27. The number of benzene rings is 3. The number of amides is 1. The minimum absolute atomic E-state index is 0.0232. The Morgan fingerprint density at radius 2 is 1.24 bits per heavy atom. The van der Waals surface area contributed by atoms with Crippen molar-refractivity contribution in [2.45, 2.75) is 31.6 Å². The van der Waals surface area contributed by atoms with Crippen LogP contribution in [-0.4, -0.2) is 31.2 Å². The molecule has 0 spiro atoms. The van der Waals surface area contributed by atoms with E-state index in [2.05, 4.69) is 14.8 Å². The standard InChI is InChI=1S/C26H21F6NO5/c1-2-36-23(35)22(34)33-24(16-17-8-4-3-5-9-17,18-10-6-12-20(14-18)37-25(27,28)29)19-11-7-13-21(15-19)38-26(30,31)32/h3-15H,2,16H2,1H3,(H,33,34). The highest BCUT2D eigenvalue weighted by molar-refractivity contribution is 6.32. The number of hydrogen-bond donors (Lipinski definition) is 1. The van der Waals surface area contributed by atoms with Gasteiger partial charge in [-0.05, 0) is 47.9 Å². The molecule has 0 saturated heterocycles. The fraction of sp³-hybridized carbons (Fsp3) is 0.231. The summed E-state index contributed by atoms with van der Waals surface area (Å²) in [7, 11) is 0. The molecule has 202 valence electrons. The van der Waals surface area contributed by atoms with Crippen molar-refractivity contribution in [2.75, 3.05) is 6.61 Å². The molecule has 0 fully saturated rings. The number of halogens is 6. The van der Waals surface area contributed by atoms with Gasteiger partial charge >= 0.3 is 24.6 Å². The number of alkyl halides is 6. The molecule has 0 heterocycles. The first-order chi connectivity index (χ1) is 17.8. The number of carbonyl (C=O) groups excluding carboxylic acids is 2. The summed E-state index contributed by atoms with van der Waals surface area (Å²) < 4.78 is 90.7. The van der Waals surface area contributed by atoms with Crippen molar-refractivity contribution in [1.82, 2.24) is 5.32 Å². The summed E-state index contributed by atoms with van der Waals surface area (Å²) >= 11 is 0. The lowest BCUT2D eigenvalue weighted by Gasteiger charge is -2.36. The minimum atomic E-state index is -5.05. The van der Waals surface area contributed by atoms with Gasteiger partial charge in [-0.2, -0.15) is 0 Å². The Bertz CT molecular complexity index is 1200. The van der Waals surface area contributed by atoms with Crippen molar-refractivity contribution in [3.8, 4) is 11.5 Å². The molecule has 3 aromatic carbocycles. The van der Waals surface area contributed by atoms with E-state index in [-0.39, 0.29) is 24.2 Å². The van der Waals surface area contributed by atoms with Crippen LogP contribution in [0.2, 0.25) is 0 Å². The van der Waals surface area contributed by atoms with E-state index in [0.717, 1.165) is 24.3 Å². The van der Waals surface area contributed by atoms with Crippen molar-refractivity contribution in [3.63, 3.8) is 0 Å². The molecule has 0 saturated carbocycles. The molecule has 0 aliphatic heterocycles. The first-order valence-corrected chi connectivity index (χ1v) is 11.1. The second-order valence-electron chi connectivity index (χ2n) is 7.89. The summed E-state index contributed by atoms with van der Waals surface area (Å²) in [4.78, 5) is 25.2. The number of nitrogens with one attached hydrogen (secondary N) is 1. The molecule has 0 unspecified atom stereocenters. The molecular formula is C26H21F6NO5. The van der Waals surface area contributed by atoms with E-state index in [1.807, 2.05) is 0 Å². The van der Waals surface area contributed by atoms with Crippen LogP contribution < -0.4 is 14.8 Å². The summed E-state index contributed by atoms with van der Waals surface area (Å²) in [5, 5.41) is 2.49. The normalized spacial score (nSPS) is 12.0. The lowest BCUT2D eigenvalue weighted by Crippen LogP contribution is -2.51. The Morgan fingerprint density at radius 3 is 1.68 bits per heavy atom. The van der Waals surface area contributed by atoms with Gasteiger partial charge in [0.2, 0.25) is 0 Å². The fourth-order valence-electron chi connectivity index (χ4n) is 3.82. The monoisotopic (exact) mass is 541 g/mol. The van der Waals surface area contributed by atoms with E-state index >= 15 is 0 Å². The predicted molar refractivity (Wildman–Crippen MR) is 122 cm³/mol. The van der Waals surface area contributed by atoms with E-state index < -0.39 is 41.6 Å². The third-order valence-corrected chi connectivity index (χ3v) is 5.22. The van der Waals surface area contributed by atoms with Crippen molar-refractivity contribution in [2.24, 2.45) is 0 Å². The molecule has 38 heavy (non-hydrogen) atoms. The van der Waals surface area contributed by atoms with Crippen LogP contribution in [0.1, 0.15) is 23.6 Å². The van der Waals surface area contributed by atoms with Crippen LogP contribution >= 0.6 is 0 Å². The maximum absolute atomic E-state index is 13.0. The van der Waals surface area contributed by atoms with E-state index in [4.69, 9.17) is 4.74 Å². The predicted octanol–water partition coefficient (Wildman–Crippen LogP) is 5.65. The van der Waals surface area contributed by atoms with Crippen LogP contribution in [0, 0.1) is 0 Å². The summed E-state index contributed by atoms with van der Waals surface area (Å²) in [6.07, 6.45) is -10.3. The van der Waals surface area contributed by atoms with Gasteiger partial charge in [-0.25, -0.2) is 4.79 Å². The van der Waals surface area contributed by atoms with Crippen LogP contribution in [-0.2, 0) is 26.3 Å². The molecule has 0 aliphatic rings. The zero-order valence-electron chi connectivity index (χ0n) is 19.7. The first kappa shape index (κ1) is 28.4. The van der Waals surface area contributed by atoms with Gasteiger partial charge < -0.3 is 19.5 Å². The number of ether oxygens (including phenoxy) is 3. The van der Waals surface area contributed by atoms with Crippen molar-refractivity contribution < 1.29 is 50.1 Å². The highest BCUT2D eigenvalue weighted by Crippen LogP contribution is 2.38. The second-order valence-corrected chi connectivity index (χ2v) is 7.89. The Hall–Kier alpha value is -4.22. The average Bonchev–Trinajstić information content (AvgIpc) is 2.82. The number of hydrogen-bond acceptors (Lipinski definition) is 5. The Labute approximate surface area is 213 Å². The molecule has 6 nitrogen and oxygen atoms in total. The van der Waals surface area contributed by atoms with Crippen LogP contribution in [0.4, 0.5) is 26.3 Å². The number of esters is 1. The van der Waals surface area contributed by atoms with Gasteiger partial charge in [0.25, 0.3) is 0 Å². The number of rotatable bonds is 8. The zero-order valence-corrected chi connectivity index (χ0v) is 19.7. The van der Waals surface area contributed by atoms with Crippen LogP contribution in [0.25, 0.3) is 0 Å². The maximum Gasteiger partial charge on any atom is 0.573 e. The van der Waals surface area contributed by atoms with Crippen LogP contribution in [0.5, 0.6) is 11.5 Å². The molecule has 1 N–H and O–H groups in total. The number of carbonyl (C=O) groups is 2. The zero-order chi connectivity index (χ0) is 28.0. The highest BCUT2D eigenvalue weighted by Gasteiger charge is 2.40. The third kappa shape index (κ3) is 7.64. The van der Waals surface area contributed by atoms with Gasteiger partial charge in [-0.3, -0.25) is 4.79 Å². The molecule has 0 aliphatic carbocycles. The van der Waals surface area contributed by atoms with Gasteiger partial charge in [-0.15, -0.1) is 26.3 Å². The smallest absolute Gasteiger partial charge is 0.459 e. The molecule has 0 aromatic heterocycles. The molecule has 3 rings (SSSR count). The third-order valence-electron chi connectivity index (χ3n) is 5.22. The molecular weight excluding hydrogens is 520 g/mol. The molecule has 3 aromatic rings. The average molecular weight is 541 g/mol. The highest BCUT2D eigenvalue weighted by atomic mass is 19.4. The molecule has 0 atom stereocenters. The minimum Gasteiger partial charge on any atom is -0.459 e. The molecule has 12 heteroatoms. The molecule has 0 radical (unpaired) electrons. The summed E-state index contributed by atoms with van der Waals surface area (Å²) in [6, 6.07) is 17.3. The lowest BCUT2D eigenvalue weighted by molar-refractivity contribution is -0.275. The van der Waals surface area contributed by atoms with Gasteiger partial charge in [0.05, 0.1) is 12.1 Å². The van der Waals surface area contributed by atoms with E-state index in [1.165, 1.54) is 31.2 Å². The summed E-state index contributed by atoms with van der Waals surface area (Å²) in [6.45, 7) is 1.31. The second kappa shape index (κ2) is 11.4. The summed E-state index contributed by atoms with van der Waals surface area (Å²) in [5.41, 5.74) is -1.39. The first-order valence-electron chi connectivity index (χ1n) is 11.1. The quantitative estimate of drug-likeness (QED) is 0.227. The Morgan fingerprint density at radius 1 is 0.737 bits per heavy atom. The Kier molecular flexibility index (Phi) is 8.54. The van der Waals surface area contributed by atoms with Gasteiger partial charge in [0.15, 0.2) is 0 Å². The SMILES string of the molecule is CCOC(=O)C(=O)NC(Cc1ccccc1)(c1cccc(OC(F)(F)F)c1)c1cccc(OC(F)(F)F)c1. The van der Waals surface area contributed by atoms with Gasteiger partial charge in [0, 0.05) is 6.42 Å². The lowest BCUT2D eigenvalue weighted by atomic mass is 9.77. The fourth-order valence-corrected chi connectivity index (χ4v) is 3.82. The van der Waals surface area contributed by atoms with Crippen molar-refractivity contribution in [1.29, 1.82) is 0 Å². The van der Waals surface area contributed by atoms with E-state index in [9.17, 15) is 35.9 Å². The van der Waals surface area contributed by atoms with Gasteiger partial charge in [0.1, 0.15) is 11.5 Å². The van der Waals surface area contributed by atoms with Crippen LogP contribution in [0.15, 0.2) is 78.9 Å².